The Bertz CT molecular complexity index is 1530. The summed E-state index contributed by atoms with van der Waals surface area (Å²) in [5.74, 6) is 1.44. The lowest BCUT2D eigenvalue weighted by molar-refractivity contribution is 0.0263. The molecule has 5 heterocycles. The molecule has 1 aromatic heterocycles. The quantitative estimate of drug-likeness (QED) is 0.503. The normalized spacial score (nSPS) is 24.3. The van der Waals surface area contributed by atoms with Crippen LogP contribution in [0.15, 0.2) is 48.9 Å². The molecule has 0 spiro atoms. The van der Waals surface area contributed by atoms with Crippen LogP contribution in [0, 0.1) is 12.8 Å². The summed E-state index contributed by atoms with van der Waals surface area (Å²) in [5, 5.41) is 10.4. The minimum absolute atomic E-state index is 0.0313. The molecule has 0 radical (unpaired) electrons. The number of aliphatic imine (C=N–C) groups is 2. The third kappa shape index (κ3) is 6.11. The lowest BCUT2D eigenvalue weighted by atomic mass is 10.00. The van der Waals surface area contributed by atoms with Crippen LogP contribution in [0.5, 0.6) is 0 Å². The molecule has 1 saturated carbocycles. The standard InChI is InChI=1S/C28H38N8O4S2/c1-17-11-23(41-26(17)42(38,39)33-20-8-9-20)32-24-25-29-13-22(19-12-30-34(5)14-19)36(25)16-21(31-24)18-7-6-10-35(15-18)27(37)40-28(2,3)4/h7,11-12,16,19-20,22,33H,6,8-10,13-15H2,1-5H3,(H,31,32). The van der Waals surface area contributed by atoms with Gasteiger partial charge in [0.2, 0.25) is 0 Å². The summed E-state index contributed by atoms with van der Waals surface area (Å²) in [7, 11) is -1.63. The van der Waals surface area contributed by atoms with E-state index in [0.29, 0.717) is 52.5 Å². The first kappa shape index (κ1) is 28.9. The van der Waals surface area contributed by atoms with E-state index >= 15 is 0 Å². The van der Waals surface area contributed by atoms with Gasteiger partial charge in [-0.3, -0.25) is 10.0 Å². The van der Waals surface area contributed by atoms with Crippen LogP contribution in [0.3, 0.4) is 0 Å². The van der Waals surface area contributed by atoms with E-state index in [0.717, 1.165) is 30.7 Å². The molecule has 6 rings (SSSR count). The van der Waals surface area contributed by atoms with Crippen LogP contribution in [-0.2, 0) is 14.8 Å². The van der Waals surface area contributed by atoms with Crippen LogP contribution in [0.2, 0.25) is 0 Å². The Hall–Kier alpha value is -3.23. The smallest absolute Gasteiger partial charge is 0.410 e. The third-order valence-corrected chi connectivity index (χ3v) is 10.9. The molecule has 4 aliphatic heterocycles. The molecule has 42 heavy (non-hydrogen) atoms. The zero-order valence-electron chi connectivity index (χ0n) is 24.6. The fourth-order valence-corrected chi connectivity index (χ4v) is 8.31. The van der Waals surface area contributed by atoms with Crippen LogP contribution in [0.25, 0.3) is 0 Å². The first-order valence-electron chi connectivity index (χ1n) is 14.3. The van der Waals surface area contributed by atoms with E-state index in [4.69, 9.17) is 14.7 Å². The van der Waals surface area contributed by atoms with Gasteiger partial charge in [0.25, 0.3) is 10.0 Å². The molecule has 5 aliphatic rings. The Morgan fingerprint density at radius 2 is 2.02 bits per heavy atom. The van der Waals surface area contributed by atoms with Crippen molar-refractivity contribution in [3.05, 3.63) is 35.2 Å². The molecule has 14 heteroatoms. The van der Waals surface area contributed by atoms with Crippen molar-refractivity contribution in [1.29, 1.82) is 0 Å². The fourth-order valence-electron chi connectivity index (χ4n) is 5.39. The second kappa shape index (κ2) is 10.8. The Morgan fingerprint density at radius 1 is 1.24 bits per heavy atom. The number of fused-ring (bicyclic) bond motifs is 1. The maximum atomic E-state index is 13.0. The highest BCUT2D eigenvalue weighted by Crippen LogP contribution is 2.35. The molecule has 0 aromatic carbocycles. The van der Waals surface area contributed by atoms with Gasteiger partial charge in [-0.25, -0.2) is 22.9 Å². The average Bonchev–Trinajstić information content (AvgIpc) is 3.27. The van der Waals surface area contributed by atoms with Crippen molar-refractivity contribution >= 4 is 50.3 Å². The third-order valence-electron chi connectivity index (χ3n) is 7.55. The monoisotopic (exact) mass is 614 g/mol. The highest BCUT2D eigenvalue weighted by atomic mass is 32.2. The van der Waals surface area contributed by atoms with E-state index in [1.807, 2.05) is 51.3 Å². The predicted octanol–water partition coefficient (Wildman–Crippen LogP) is 3.36. The molecule has 2 unspecified atom stereocenters. The van der Waals surface area contributed by atoms with Crippen LogP contribution in [-0.4, -0.2) is 98.1 Å². The van der Waals surface area contributed by atoms with Gasteiger partial charge in [-0.1, -0.05) is 6.08 Å². The molecular weight excluding hydrogens is 576 g/mol. The summed E-state index contributed by atoms with van der Waals surface area (Å²) in [6.45, 7) is 9.72. The van der Waals surface area contributed by atoms with E-state index < -0.39 is 15.6 Å². The number of rotatable bonds is 6. The Balaban J connectivity index is 1.29. The summed E-state index contributed by atoms with van der Waals surface area (Å²) in [6, 6.07) is 1.93. The molecule has 0 bridgehead atoms. The molecule has 12 nitrogen and oxygen atoms in total. The first-order valence-corrected chi connectivity index (χ1v) is 16.6. The number of nitrogens with one attached hydrogen (secondary N) is 2. The first-order chi connectivity index (χ1) is 19.9. The van der Waals surface area contributed by atoms with Crippen molar-refractivity contribution in [3.63, 3.8) is 0 Å². The van der Waals surface area contributed by atoms with Crippen molar-refractivity contribution in [2.24, 2.45) is 21.0 Å². The van der Waals surface area contributed by atoms with E-state index in [1.165, 1.54) is 11.3 Å². The summed E-state index contributed by atoms with van der Waals surface area (Å²) in [4.78, 5) is 26.6. The van der Waals surface area contributed by atoms with Gasteiger partial charge in [-0.2, -0.15) is 5.10 Å². The number of hydrazone groups is 1. The van der Waals surface area contributed by atoms with Gasteiger partial charge >= 0.3 is 6.09 Å². The van der Waals surface area contributed by atoms with Gasteiger partial charge in [0, 0.05) is 44.5 Å². The molecule has 0 saturated heterocycles. The zero-order chi connectivity index (χ0) is 29.8. The number of anilines is 1. The molecule has 1 aromatic rings. The predicted molar refractivity (Wildman–Crippen MR) is 165 cm³/mol. The Labute approximate surface area is 250 Å². The molecule has 2 atom stereocenters. The Kier molecular flexibility index (Phi) is 7.42. The van der Waals surface area contributed by atoms with Gasteiger partial charge in [0.15, 0.2) is 11.7 Å². The number of amides is 1. The molecule has 1 amide bonds. The highest BCUT2D eigenvalue weighted by molar-refractivity contribution is 7.91. The van der Waals surface area contributed by atoms with Crippen molar-refractivity contribution in [1.82, 2.24) is 19.5 Å². The molecule has 2 N–H and O–H groups in total. The van der Waals surface area contributed by atoms with E-state index in [9.17, 15) is 13.2 Å². The van der Waals surface area contributed by atoms with Crippen molar-refractivity contribution < 1.29 is 17.9 Å². The number of amidine groups is 2. The van der Waals surface area contributed by atoms with Gasteiger partial charge in [0.05, 0.1) is 29.8 Å². The van der Waals surface area contributed by atoms with Gasteiger partial charge < -0.3 is 19.9 Å². The van der Waals surface area contributed by atoms with Gasteiger partial charge in [-0.15, -0.1) is 11.3 Å². The van der Waals surface area contributed by atoms with Crippen LogP contribution < -0.4 is 10.0 Å². The van der Waals surface area contributed by atoms with E-state index in [2.05, 4.69) is 26.1 Å². The summed E-state index contributed by atoms with van der Waals surface area (Å²) >= 11 is 1.19. The van der Waals surface area contributed by atoms with Crippen molar-refractivity contribution in [3.8, 4) is 0 Å². The maximum absolute atomic E-state index is 13.0. The molecular formula is C28H38N8O4S2. The second-order valence-electron chi connectivity index (χ2n) is 12.4. The largest absolute Gasteiger partial charge is 0.444 e. The molecule has 226 valence electrons. The van der Waals surface area contributed by atoms with Crippen molar-refractivity contribution in [2.45, 2.75) is 68.9 Å². The number of nitrogens with zero attached hydrogens (tertiary/aromatic N) is 6. The number of aryl methyl sites for hydroxylation is 1. The van der Waals surface area contributed by atoms with Crippen LogP contribution >= 0.6 is 11.3 Å². The summed E-state index contributed by atoms with van der Waals surface area (Å²) < 4.78 is 34.7. The number of ether oxygens (including phenoxy) is 1. The number of carbonyl (C=O) groups excluding carboxylic acids is 1. The van der Waals surface area contributed by atoms with Crippen LogP contribution in [0.4, 0.5) is 9.80 Å². The van der Waals surface area contributed by atoms with Gasteiger partial charge in [-0.05, 0) is 64.2 Å². The Morgan fingerprint density at radius 3 is 2.71 bits per heavy atom. The second-order valence-corrected chi connectivity index (χ2v) is 15.4. The lowest BCUT2D eigenvalue weighted by Gasteiger charge is -2.34. The SMILES string of the molecule is Cc1cc(NC2=NC(C3=CCCN(C(=O)OC(C)(C)C)C3)=CN3C2=NCC3C2C=NN(C)C2)sc1S(=O)(=O)NC1CC1. The lowest BCUT2D eigenvalue weighted by Crippen LogP contribution is -2.46. The highest BCUT2D eigenvalue weighted by Gasteiger charge is 2.40. The minimum Gasteiger partial charge on any atom is -0.444 e. The average molecular weight is 615 g/mol. The summed E-state index contributed by atoms with van der Waals surface area (Å²) in [6.07, 6.45) is 8.21. The number of sulfonamides is 1. The van der Waals surface area contributed by atoms with E-state index in [-0.39, 0.29) is 24.1 Å². The van der Waals surface area contributed by atoms with Crippen LogP contribution in [0.1, 0.15) is 45.6 Å². The number of hydrogen-bond acceptors (Lipinski definition) is 11. The van der Waals surface area contributed by atoms with Crippen molar-refractivity contribution in [2.75, 3.05) is 38.5 Å². The topological polar surface area (TPSA) is 131 Å². The van der Waals surface area contributed by atoms with E-state index in [1.54, 1.807) is 11.8 Å². The number of hydrogen-bond donors (Lipinski definition) is 2. The zero-order valence-corrected chi connectivity index (χ0v) is 26.3. The summed E-state index contributed by atoms with van der Waals surface area (Å²) in [5.41, 5.74) is 1.75. The fraction of sp³-hybridized carbons (Fsp3) is 0.571. The maximum Gasteiger partial charge on any atom is 0.410 e. The number of thiophene rings is 1. The van der Waals surface area contributed by atoms with Gasteiger partial charge in [0.1, 0.15) is 9.81 Å². The minimum atomic E-state index is -3.59. The number of carbonyl (C=O) groups is 1. The molecule has 1 aliphatic carbocycles. The molecule has 1 fully saturated rings.